The molecular formula is C12H11BrN2S. The van der Waals surface area contributed by atoms with Crippen molar-refractivity contribution in [1.29, 1.82) is 0 Å². The van der Waals surface area contributed by atoms with E-state index in [2.05, 4.69) is 34.1 Å². The number of aromatic nitrogens is 1. The number of nitrogens with zero attached hydrogens (tertiary/aromatic N) is 1. The number of halogens is 1. The Bertz CT molecular complexity index is 584. The summed E-state index contributed by atoms with van der Waals surface area (Å²) in [5.74, 6) is 0. The van der Waals surface area contributed by atoms with Crippen LogP contribution in [0.25, 0.3) is 10.2 Å². The standard InChI is InChI=1S/C12H11BrN2S/c13-7-1-2-9-8(3-7)15-10(16-9)11-4-12(14,5-11)6-11/h1-3H,4-6,14H2. The lowest BCUT2D eigenvalue weighted by atomic mass is 9.40. The zero-order valence-corrected chi connectivity index (χ0v) is 11.1. The van der Waals surface area contributed by atoms with E-state index in [0.717, 1.165) is 29.3 Å². The summed E-state index contributed by atoms with van der Waals surface area (Å²) in [4.78, 5) is 4.77. The van der Waals surface area contributed by atoms with Gasteiger partial charge in [-0.2, -0.15) is 0 Å². The van der Waals surface area contributed by atoms with Gasteiger partial charge in [0.05, 0.1) is 10.2 Å². The van der Waals surface area contributed by atoms with Crippen molar-refractivity contribution in [3.63, 3.8) is 0 Å². The van der Waals surface area contributed by atoms with Gasteiger partial charge in [-0.15, -0.1) is 11.3 Å². The zero-order chi connectivity index (χ0) is 11.0. The molecule has 3 fully saturated rings. The highest BCUT2D eigenvalue weighted by Crippen LogP contribution is 2.67. The molecule has 0 unspecified atom stereocenters. The summed E-state index contributed by atoms with van der Waals surface area (Å²) < 4.78 is 2.39. The van der Waals surface area contributed by atoms with Crippen LogP contribution in [-0.4, -0.2) is 10.5 Å². The van der Waals surface area contributed by atoms with E-state index in [0.29, 0.717) is 5.41 Å². The Balaban J connectivity index is 1.82. The topological polar surface area (TPSA) is 38.9 Å². The minimum atomic E-state index is 0.165. The molecule has 16 heavy (non-hydrogen) atoms. The Morgan fingerprint density at radius 3 is 2.75 bits per heavy atom. The van der Waals surface area contributed by atoms with Crippen molar-refractivity contribution in [2.45, 2.75) is 30.2 Å². The molecule has 0 amide bonds. The van der Waals surface area contributed by atoms with Gasteiger partial charge in [-0.3, -0.25) is 0 Å². The van der Waals surface area contributed by atoms with Crippen molar-refractivity contribution in [3.8, 4) is 0 Å². The first-order chi connectivity index (χ1) is 7.59. The summed E-state index contributed by atoms with van der Waals surface area (Å²) in [6.45, 7) is 0. The molecule has 0 atom stereocenters. The Morgan fingerprint density at radius 2 is 2.06 bits per heavy atom. The molecule has 0 spiro atoms. The first-order valence-corrected chi connectivity index (χ1v) is 7.05. The number of hydrogen-bond donors (Lipinski definition) is 1. The van der Waals surface area contributed by atoms with E-state index in [4.69, 9.17) is 10.7 Å². The molecule has 3 saturated carbocycles. The molecule has 82 valence electrons. The first-order valence-electron chi connectivity index (χ1n) is 5.44. The zero-order valence-electron chi connectivity index (χ0n) is 8.66. The lowest BCUT2D eigenvalue weighted by molar-refractivity contribution is -0.0589. The van der Waals surface area contributed by atoms with Gasteiger partial charge >= 0.3 is 0 Å². The minimum Gasteiger partial charge on any atom is -0.325 e. The predicted molar refractivity (Wildman–Crippen MR) is 69.8 cm³/mol. The van der Waals surface area contributed by atoms with E-state index in [1.807, 2.05) is 11.3 Å². The van der Waals surface area contributed by atoms with Gasteiger partial charge in [-0.1, -0.05) is 15.9 Å². The van der Waals surface area contributed by atoms with E-state index in [9.17, 15) is 0 Å². The van der Waals surface area contributed by atoms with E-state index >= 15 is 0 Å². The molecular weight excluding hydrogens is 284 g/mol. The summed E-state index contributed by atoms with van der Waals surface area (Å²) in [5, 5.41) is 1.30. The fraction of sp³-hybridized carbons (Fsp3) is 0.417. The monoisotopic (exact) mass is 294 g/mol. The molecule has 1 aromatic heterocycles. The van der Waals surface area contributed by atoms with Crippen LogP contribution in [0.5, 0.6) is 0 Å². The Hall–Kier alpha value is -0.450. The number of thiazole rings is 1. The molecule has 3 aliphatic rings. The van der Waals surface area contributed by atoms with Gasteiger partial charge in [-0.25, -0.2) is 4.98 Å². The van der Waals surface area contributed by atoms with E-state index < -0.39 is 0 Å². The number of nitrogens with two attached hydrogens (primary N) is 1. The minimum absolute atomic E-state index is 0.165. The molecule has 2 N–H and O–H groups in total. The van der Waals surface area contributed by atoms with Crippen molar-refractivity contribution in [1.82, 2.24) is 4.98 Å². The number of hydrogen-bond acceptors (Lipinski definition) is 3. The third kappa shape index (κ3) is 1.08. The first kappa shape index (κ1) is 9.57. The molecule has 0 radical (unpaired) electrons. The normalized spacial score (nSPS) is 35.9. The van der Waals surface area contributed by atoms with E-state index in [1.165, 1.54) is 9.71 Å². The fourth-order valence-electron chi connectivity index (χ4n) is 3.22. The van der Waals surface area contributed by atoms with Gasteiger partial charge in [0, 0.05) is 15.4 Å². The van der Waals surface area contributed by atoms with Crippen molar-refractivity contribution in [3.05, 3.63) is 27.7 Å². The van der Waals surface area contributed by atoms with Crippen molar-refractivity contribution in [2.75, 3.05) is 0 Å². The summed E-state index contributed by atoms with van der Waals surface area (Å²) in [6.07, 6.45) is 3.42. The highest BCUT2D eigenvalue weighted by atomic mass is 79.9. The van der Waals surface area contributed by atoms with Gasteiger partial charge in [0.1, 0.15) is 5.01 Å². The molecule has 2 aromatic rings. The lowest BCUT2D eigenvalue weighted by Gasteiger charge is -2.68. The van der Waals surface area contributed by atoms with Gasteiger partial charge in [0.25, 0.3) is 0 Å². The Morgan fingerprint density at radius 1 is 1.31 bits per heavy atom. The number of benzene rings is 1. The van der Waals surface area contributed by atoms with Crippen LogP contribution in [0, 0.1) is 0 Å². The molecule has 0 aliphatic heterocycles. The smallest absolute Gasteiger partial charge is 0.100 e. The quantitative estimate of drug-likeness (QED) is 0.877. The van der Waals surface area contributed by atoms with E-state index in [1.54, 1.807) is 0 Å². The third-order valence-corrected chi connectivity index (χ3v) is 5.65. The second kappa shape index (κ2) is 2.68. The van der Waals surface area contributed by atoms with Gasteiger partial charge in [0.2, 0.25) is 0 Å². The molecule has 4 heteroatoms. The number of rotatable bonds is 1. The summed E-state index contributed by atoms with van der Waals surface area (Å²) in [5.41, 5.74) is 7.73. The van der Waals surface area contributed by atoms with Crippen LogP contribution in [0.4, 0.5) is 0 Å². The maximum absolute atomic E-state index is 6.10. The van der Waals surface area contributed by atoms with Gasteiger partial charge in [-0.05, 0) is 37.5 Å². The van der Waals surface area contributed by atoms with Gasteiger partial charge in [0.15, 0.2) is 0 Å². The Kier molecular flexibility index (Phi) is 1.60. The summed E-state index contributed by atoms with van der Waals surface area (Å²) in [7, 11) is 0. The highest BCUT2D eigenvalue weighted by molar-refractivity contribution is 9.10. The molecule has 1 heterocycles. The third-order valence-electron chi connectivity index (χ3n) is 3.87. The van der Waals surface area contributed by atoms with Crippen molar-refractivity contribution >= 4 is 37.5 Å². The lowest BCUT2D eigenvalue weighted by Crippen LogP contribution is -2.74. The Labute approximate surface area is 106 Å². The SMILES string of the molecule is NC12CC(c3nc4cc(Br)ccc4s3)(C1)C2. The average Bonchev–Trinajstić information content (AvgIpc) is 2.53. The largest absolute Gasteiger partial charge is 0.325 e. The van der Waals surface area contributed by atoms with Crippen LogP contribution in [-0.2, 0) is 5.41 Å². The van der Waals surface area contributed by atoms with Crippen LogP contribution in [0.15, 0.2) is 22.7 Å². The van der Waals surface area contributed by atoms with Crippen LogP contribution >= 0.6 is 27.3 Å². The van der Waals surface area contributed by atoms with Crippen molar-refractivity contribution < 1.29 is 0 Å². The molecule has 2 nitrogen and oxygen atoms in total. The molecule has 2 bridgehead atoms. The van der Waals surface area contributed by atoms with Crippen LogP contribution in [0.2, 0.25) is 0 Å². The van der Waals surface area contributed by atoms with E-state index in [-0.39, 0.29) is 5.54 Å². The second-order valence-electron chi connectivity index (χ2n) is 5.30. The molecule has 1 aromatic carbocycles. The summed E-state index contributed by atoms with van der Waals surface area (Å²) >= 11 is 5.32. The second-order valence-corrected chi connectivity index (χ2v) is 7.25. The molecule has 0 saturated heterocycles. The maximum atomic E-state index is 6.10. The number of fused-ring (bicyclic) bond motifs is 1. The maximum Gasteiger partial charge on any atom is 0.100 e. The highest BCUT2D eigenvalue weighted by Gasteiger charge is 2.67. The van der Waals surface area contributed by atoms with Crippen LogP contribution in [0.3, 0.4) is 0 Å². The molecule has 5 rings (SSSR count). The van der Waals surface area contributed by atoms with Crippen molar-refractivity contribution in [2.24, 2.45) is 5.73 Å². The predicted octanol–water partition coefficient (Wildman–Crippen LogP) is 3.19. The van der Waals surface area contributed by atoms with Crippen LogP contribution < -0.4 is 5.73 Å². The van der Waals surface area contributed by atoms with Crippen LogP contribution in [0.1, 0.15) is 24.3 Å². The molecule has 3 aliphatic carbocycles. The van der Waals surface area contributed by atoms with Gasteiger partial charge < -0.3 is 5.73 Å². The fourth-order valence-corrected chi connectivity index (χ4v) is 4.70. The summed E-state index contributed by atoms with van der Waals surface area (Å²) in [6, 6.07) is 6.32. The average molecular weight is 295 g/mol.